The van der Waals surface area contributed by atoms with E-state index in [0.717, 1.165) is 10.7 Å². The molecule has 22 heavy (non-hydrogen) atoms. The number of methoxy groups -OCH3 is 1. The molecule has 0 radical (unpaired) electrons. The van der Waals surface area contributed by atoms with Crippen LogP contribution in [0.4, 0.5) is 0 Å². The number of fused-ring (bicyclic) bond motifs is 1. The number of rotatable bonds is 3. The molecule has 0 atom stereocenters. The normalized spacial score (nSPS) is 10.6. The Morgan fingerprint density at radius 3 is 2.91 bits per heavy atom. The highest BCUT2D eigenvalue weighted by Gasteiger charge is 2.11. The maximum Gasteiger partial charge on any atom is 0.260 e. The summed E-state index contributed by atoms with van der Waals surface area (Å²) >= 11 is 1.55. The standard InChI is InChI=1S/C15H12N4O2S/c1-9-17-11(8-22-9)7-19-4-3-13-12(15(19)20)5-10(6-16)14(18-13)21-2/h3-5,8H,7H2,1-2H3. The summed E-state index contributed by atoms with van der Waals surface area (Å²) < 4.78 is 6.62. The van der Waals surface area contributed by atoms with E-state index in [0.29, 0.717) is 17.4 Å². The molecule has 0 fully saturated rings. The Balaban J connectivity index is 2.13. The molecule has 0 unspecified atom stereocenters. The van der Waals surface area contributed by atoms with Crippen molar-refractivity contribution in [3.8, 4) is 11.9 Å². The zero-order chi connectivity index (χ0) is 15.7. The van der Waals surface area contributed by atoms with E-state index in [9.17, 15) is 4.79 Å². The monoisotopic (exact) mass is 312 g/mol. The molecule has 7 heteroatoms. The van der Waals surface area contributed by atoms with Crippen molar-refractivity contribution < 1.29 is 4.74 Å². The minimum absolute atomic E-state index is 0.199. The van der Waals surface area contributed by atoms with Gasteiger partial charge in [-0.15, -0.1) is 11.3 Å². The van der Waals surface area contributed by atoms with E-state index in [2.05, 4.69) is 9.97 Å². The Hall–Kier alpha value is -2.72. The van der Waals surface area contributed by atoms with Crippen LogP contribution in [0.1, 0.15) is 16.3 Å². The fourth-order valence-electron chi connectivity index (χ4n) is 2.21. The van der Waals surface area contributed by atoms with Crippen LogP contribution in [0, 0.1) is 18.3 Å². The lowest BCUT2D eigenvalue weighted by molar-refractivity contribution is 0.398. The number of aryl methyl sites for hydroxylation is 1. The Kier molecular flexibility index (Phi) is 3.61. The van der Waals surface area contributed by atoms with Gasteiger partial charge in [0.1, 0.15) is 11.6 Å². The lowest BCUT2D eigenvalue weighted by Gasteiger charge is -2.07. The minimum Gasteiger partial charge on any atom is -0.480 e. The van der Waals surface area contributed by atoms with Crippen molar-refractivity contribution in [3.63, 3.8) is 0 Å². The van der Waals surface area contributed by atoms with E-state index in [-0.39, 0.29) is 17.0 Å². The van der Waals surface area contributed by atoms with Gasteiger partial charge in [0.25, 0.3) is 5.56 Å². The molecule has 6 nitrogen and oxygen atoms in total. The molecule has 110 valence electrons. The van der Waals surface area contributed by atoms with Crippen LogP contribution in [0.5, 0.6) is 5.88 Å². The average molecular weight is 312 g/mol. The average Bonchev–Trinajstić information content (AvgIpc) is 2.94. The Labute approximate surface area is 130 Å². The van der Waals surface area contributed by atoms with Gasteiger partial charge in [-0.3, -0.25) is 4.79 Å². The third kappa shape index (κ3) is 2.44. The highest BCUT2D eigenvalue weighted by atomic mass is 32.1. The molecule has 3 aromatic heterocycles. The van der Waals surface area contributed by atoms with Crippen molar-refractivity contribution in [2.24, 2.45) is 0 Å². The first-order chi connectivity index (χ1) is 10.6. The maximum absolute atomic E-state index is 12.6. The largest absolute Gasteiger partial charge is 0.480 e. The summed E-state index contributed by atoms with van der Waals surface area (Å²) in [7, 11) is 1.45. The van der Waals surface area contributed by atoms with E-state index >= 15 is 0 Å². The number of nitriles is 1. The van der Waals surface area contributed by atoms with Crippen molar-refractivity contribution in [3.05, 3.63) is 50.3 Å². The fourth-order valence-corrected chi connectivity index (χ4v) is 2.81. The summed E-state index contributed by atoms with van der Waals surface area (Å²) in [6, 6.07) is 5.25. The Morgan fingerprint density at radius 2 is 2.27 bits per heavy atom. The molecule has 0 spiro atoms. The molecule has 3 rings (SSSR count). The first kappa shape index (κ1) is 14.2. The summed E-state index contributed by atoms with van der Waals surface area (Å²) in [6.07, 6.45) is 1.68. The summed E-state index contributed by atoms with van der Waals surface area (Å²) in [5.41, 5.74) is 1.39. The number of ether oxygens (including phenoxy) is 1. The van der Waals surface area contributed by atoms with Crippen LogP contribution in [0.25, 0.3) is 10.9 Å². The molecular formula is C15H12N4O2S. The van der Waals surface area contributed by atoms with Gasteiger partial charge in [0.15, 0.2) is 0 Å². The van der Waals surface area contributed by atoms with Gasteiger partial charge in [-0.2, -0.15) is 5.26 Å². The van der Waals surface area contributed by atoms with Gasteiger partial charge in [-0.1, -0.05) is 0 Å². The molecule has 3 heterocycles. The van der Waals surface area contributed by atoms with E-state index in [1.807, 2.05) is 18.4 Å². The Morgan fingerprint density at radius 1 is 1.45 bits per heavy atom. The smallest absolute Gasteiger partial charge is 0.260 e. The molecule has 0 N–H and O–H groups in total. The second-order valence-electron chi connectivity index (χ2n) is 4.70. The summed E-state index contributed by atoms with van der Waals surface area (Å²) in [5, 5.41) is 12.4. The SMILES string of the molecule is COc1nc2ccn(Cc3csc(C)n3)c(=O)c2cc1C#N. The molecule has 0 saturated carbocycles. The minimum atomic E-state index is -0.199. The zero-order valence-electron chi connectivity index (χ0n) is 12.0. The lowest BCUT2D eigenvalue weighted by atomic mass is 10.2. The topological polar surface area (TPSA) is 80.8 Å². The molecular weight excluding hydrogens is 300 g/mol. The van der Waals surface area contributed by atoms with E-state index in [4.69, 9.17) is 10.00 Å². The van der Waals surface area contributed by atoms with Crippen molar-refractivity contribution >= 4 is 22.2 Å². The van der Waals surface area contributed by atoms with Crippen LogP contribution in [0.3, 0.4) is 0 Å². The fraction of sp³-hybridized carbons (Fsp3) is 0.200. The third-order valence-corrected chi connectivity index (χ3v) is 4.06. The van der Waals surface area contributed by atoms with Gasteiger partial charge in [-0.05, 0) is 19.1 Å². The first-order valence-corrected chi connectivity index (χ1v) is 7.39. The quantitative estimate of drug-likeness (QED) is 0.739. The third-order valence-electron chi connectivity index (χ3n) is 3.23. The van der Waals surface area contributed by atoms with Gasteiger partial charge < -0.3 is 9.30 Å². The molecule has 0 aliphatic rings. The number of thiazole rings is 1. The van der Waals surface area contributed by atoms with Gasteiger partial charge >= 0.3 is 0 Å². The van der Waals surface area contributed by atoms with Crippen LogP contribution in [0.15, 0.2) is 28.5 Å². The van der Waals surface area contributed by atoms with E-state index in [1.165, 1.54) is 13.2 Å². The zero-order valence-corrected chi connectivity index (χ0v) is 12.8. The highest BCUT2D eigenvalue weighted by Crippen LogP contribution is 2.19. The van der Waals surface area contributed by atoms with Crippen LogP contribution < -0.4 is 10.3 Å². The Bertz CT molecular complexity index is 952. The lowest BCUT2D eigenvalue weighted by Crippen LogP contribution is -2.20. The number of aromatic nitrogens is 3. The maximum atomic E-state index is 12.6. The molecule has 0 saturated heterocycles. The summed E-state index contributed by atoms with van der Waals surface area (Å²) in [6.45, 7) is 2.32. The molecule has 0 aromatic carbocycles. The molecule has 0 aliphatic carbocycles. The molecule has 0 amide bonds. The second kappa shape index (κ2) is 5.58. The van der Waals surface area contributed by atoms with Crippen molar-refractivity contribution in [1.82, 2.24) is 14.5 Å². The van der Waals surface area contributed by atoms with Gasteiger partial charge in [0.2, 0.25) is 5.88 Å². The van der Waals surface area contributed by atoms with Gasteiger partial charge in [0.05, 0.1) is 35.3 Å². The predicted octanol–water partition coefficient (Wildman–Crippen LogP) is 2.09. The van der Waals surface area contributed by atoms with E-state index < -0.39 is 0 Å². The number of nitrogens with zero attached hydrogens (tertiary/aromatic N) is 4. The summed E-state index contributed by atoms with van der Waals surface area (Å²) in [4.78, 5) is 21.1. The highest BCUT2D eigenvalue weighted by molar-refractivity contribution is 7.09. The molecule has 0 bridgehead atoms. The van der Waals surface area contributed by atoms with Crippen molar-refractivity contribution in [2.45, 2.75) is 13.5 Å². The van der Waals surface area contributed by atoms with Crippen LogP contribution in [-0.4, -0.2) is 21.6 Å². The van der Waals surface area contributed by atoms with Gasteiger partial charge in [0, 0.05) is 11.6 Å². The second-order valence-corrected chi connectivity index (χ2v) is 5.76. The van der Waals surface area contributed by atoms with Crippen LogP contribution in [-0.2, 0) is 6.54 Å². The predicted molar refractivity (Wildman–Crippen MR) is 83.2 cm³/mol. The van der Waals surface area contributed by atoms with Gasteiger partial charge in [-0.25, -0.2) is 9.97 Å². The van der Waals surface area contributed by atoms with Crippen LogP contribution >= 0.6 is 11.3 Å². The van der Waals surface area contributed by atoms with E-state index in [1.54, 1.807) is 28.2 Å². The number of hydrogen-bond donors (Lipinski definition) is 0. The van der Waals surface area contributed by atoms with Crippen LogP contribution in [0.2, 0.25) is 0 Å². The van der Waals surface area contributed by atoms with Crippen molar-refractivity contribution in [1.29, 1.82) is 5.26 Å². The molecule has 0 aliphatic heterocycles. The number of hydrogen-bond acceptors (Lipinski definition) is 6. The number of pyridine rings is 2. The summed E-state index contributed by atoms with van der Waals surface area (Å²) in [5.74, 6) is 0.224. The van der Waals surface area contributed by atoms with Crippen molar-refractivity contribution in [2.75, 3.05) is 7.11 Å². The molecule has 3 aromatic rings. The first-order valence-electron chi connectivity index (χ1n) is 6.51.